The van der Waals surface area contributed by atoms with Gasteiger partial charge in [0.2, 0.25) is 0 Å². The lowest BCUT2D eigenvalue weighted by atomic mass is 10.0. The Kier molecular flexibility index (Phi) is 14.1. The summed E-state index contributed by atoms with van der Waals surface area (Å²) >= 11 is 0. The Labute approximate surface area is 177 Å². The summed E-state index contributed by atoms with van der Waals surface area (Å²) in [5.41, 5.74) is 0. The highest BCUT2D eigenvalue weighted by molar-refractivity contribution is 5.71. The van der Waals surface area contributed by atoms with Gasteiger partial charge in [-0.1, -0.05) is 32.1 Å². The summed E-state index contributed by atoms with van der Waals surface area (Å²) < 4.78 is 5.97. The number of carboxylic acids is 1. The second kappa shape index (κ2) is 14.7. The molecule has 0 rings (SSSR count). The van der Waals surface area contributed by atoms with Crippen LogP contribution in [0.15, 0.2) is 0 Å². The molecule has 1 atom stereocenters. The molecule has 0 aromatic heterocycles. The van der Waals surface area contributed by atoms with Crippen LogP contribution in [-0.4, -0.2) is 82.2 Å². The van der Waals surface area contributed by atoms with Crippen molar-refractivity contribution in [3.8, 4) is 0 Å². The van der Waals surface area contributed by atoms with Crippen LogP contribution in [-0.2, 0) is 14.3 Å². The average molecular weight is 418 g/mol. The van der Waals surface area contributed by atoms with E-state index < -0.39 is 12.1 Å². The van der Waals surface area contributed by atoms with Crippen LogP contribution >= 0.6 is 0 Å². The predicted molar refractivity (Wildman–Crippen MR) is 116 cm³/mol. The minimum Gasteiger partial charge on any atom is -0.481 e. The molecule has 0 aliphatic carbocycles. The number of rotatable bonds is 18. The van der Waals surface area contributed by atoms with Crippen molar-refractivity contribution in [1.29, 1.82) is 0 Å². The van der Waals surface area contributed by atoms with Gasteiger partial charge in [-0.3, -0.25) is 25.5 Å². The van der Waals surface area contributed by atoms with Gasteiger partial charge in [-0.05, 0) is 40.4 Å². The molecular weight excluding hydrogens is 372 g/mol. The summed E-state index contributed by atoms with van der Waals surface area (Å²) in [7, 11) is 11.7. The minimum atomic E-state index is -0.937. The zero-order chi connectivity index (χ0) is 22.3. The van der Waals surface area contributed by atoms with Crippen molar-refractivity contribution >= 4 is 11.9 Å². The molecule has 0 aromatic carbocycles. The van der Waals surface area contributed by atoms with Gasteiger partial charge in [0.25, 0.3) is 0 Å². The molecule has 0 saturated carbocycles. The third-order valence-electron chi connectivity index (χ3n) is 5.16. The number of likely N-dealkylation sites (N-methyl/N-ethyl adjacent to an activating group) is 1. The van der Waals surface area contributed by atoms with Crippen molar-refractivity contribution in [2.24, 2.45) is 0 Å². The molecular formula is C21H45N4O4+. The van der Waals surface area contributed by atoms with E-state index in [0.717, 1.165) is 32.1 Å². The summed E-state index contributed by atoms with van der Waals surface area (Å²) in [6.45, 7) is 0.494. The summed E-state index contributed by atoms with van der Waals surface area (Å²) in [5.74, 6) is -1.41. The molecule has 172 valence electrons. The van der Waals surface area contributed by atoms with Crippen molar-refractivity contribution in [3.63, 3.8) is 0 Å². The van der Waals surface area contributed by atoms with E-state index in [4.69, 9.17) is 9.84 Å². The fourth-order valence-corrected chi connectivity index (χ4v) is 3.49. The number of nitrogens with one attached hydrogen (secondary N) is 3. The molecule has 29 heavy (non-hydrogen) atoms. The van der Waals surface area contributed by atoms with E-state index in [1.54, 1.807) is 0 Å². The van der Waals surface area contributed by atoms with Crippen LogP contribution in [0.3, 0.4) is 0 Å². The van der Waals surface area contributed by atoms with Gasteiger partial charge >= 0.3 is 11.9 Å². The Hall–Kier alpha value is -1.22. The number of hydrogen-bond donors (Lipinski definition) is 4. The number of esters is 1. The fourth-order valence-electron chi connectivity index (χ4n) is 3.49. The van der Waals surface area contributed by atoms with Crippen LogP contribution in [0, 0.1) is 0 Å². The topological polar surface area (TPSA) is 99.7 Å². The molecule has 0 bridgehead atoms. The van der Waals surface area contributed by atoms with Crippen LogP contribution in [0.2, 0.25) is 0 Å². The Morgan fingerprint density at radius 3 is 1.83 bits per heavy atom. The van der Waals surface area contributed by atoms with E-state index in [1.165, 1.54) is 19.3 Å². The molecule has 0 aliphatic heterocycles. The molecule has 0 fully saturated rings. The molecule has 4 N–H and O–H groups in total. The SMILES string of the molecule is CNC(CCCCCCCCCC(=O)OC(CC(=O)O)C[N+](C)(C)C)(NC)NC. The number of quaternary nitrogens is 1. The number of hydrogen-bond acceptors (Lipinski definition) is 6. The Balaban J connectivity index is 3.88. The van der Waals surface area contributed by atoms with E-state index in [2.05, 4.69) is 16.0 Å². The van der Waals surface area contributed by atoms with Gasteiger partial charge in [-0.15, -0.1) is 0 Å². The third-order valence-corrected chi connectivity index (χ3v) is 5.16. The maximum Gasteiger partial charge on any atom is 0.307 e. The van der Waals surface area contributed by atoms with E-state index in [1.807, 2.05) is 42.3 Å². The molecule has 0 saturated heterocycles. The van der Waals surface area contributed by atoms with E-state index in [0.29, 0.717) is 17.4 Å². The number of carboxylic acid groups (broad SMARTS) is 1. The van der Waals surface area contributed by atoms with Gasteiger partial charge in [0, 0.05) is 6.42 Å². The summed E-state index contributed by atoms with van der Waals surface area (Å²) in [4.78, 5) is 23.0. The molecule has 0 aromatic rings. The lowest BCUT2D eigenvalue weighted by Crippen LogP contribution is -2.63. The highest BCUT2D eigenvalue weighted by Gasteiger charge is 2.24. The monoisotopic (exact) mass is 417 g/mol. The zero-order valence-corrected chi connectivity index (χ0v) is 19.5. The third kappa shape index (κ3) is 14.4. The molecule has 0 spiro atoms. The number of unbranched alkanes of at least 4 members (excludes halogenated alkanes) is 6. The van der Waals surface area contributed by atoms with Crippen molar-refractivity contribution in [2.75, 3.05) is 48.8 Å². The highest BCUT2D eigenvalue weighted by atomic mass is 16.5. The highest BCUT2D eigenvalue weighted by Crippen LogP contribution is 2.14. The second-order valence-corrected chi connectivity index (χ2v) is 8.81. The Morgan fingerprint density at radius 2 is 1.38 bits per heavy atom. The van der Waals surface area contributed by atoms with Crippen molar-refractivity contribution in [2.45, 2.75) is 76.1 Å². The molecule has 8 nitrogen and oxygen atoms in total. The van der Waals surface area contributed by atoms with Gasteiger partial charge in [-0.2, -0.15) is 0 Å². The van der Waals surface area contributed by atoms with Gasteiger partial charge in [0.1, 0.15) is 12.3 Å². The first kappa shape index (κ1) is 27.8. The smallest absolute Gasteiger partial charge is 0.307 e. The first-order chi connectivity index (χ1) is 13.6. The van der Waals surface area contributed by atoms with Crippen LogP contribution < -0.4 is 16.0 Å². The van der Waals surface area contributed by atoms with Gasteiger partial charge in [-0.25, -0.2) is 0 Å². The number of aliphatic carboxylic acids is 1. The van der Waals surface area contributed by atoms with Crippen LogP contribution in [0.5, 0.6) is 0 Å². The molecule has 8 heteroatoms. The number of ether oxygens (including phenoxy) is 1. The van der Waals surface area contributed by atoms with Crippen LogP contribution in [0.4, 0.5) is 0 Å². The van der Waals surface area contributed by atoms with Crippen molar-refractivity contribution < 1.29 is 23.9 Å². The van der Waals surface area contributed by atoms with Gasteiger partial charge < -0.3 is 14.3 Å². The average Bonchev–Trinajstić information content (AvgIpc) is 2.62. The molecule has 0 radical (unpaired) electrons. The summed E-state index contributed by atoms with van der Waals surface area (Å²) in [6.07, 6.45) is 8.29. The fraction of sp³-hybridized carbons (Fsp3) is 0.905. The predicted octanol–water partition coefficient (Wildman–Crippen LogP) is 1.90. The normalized spacial score (nSPS) is 13.3. The molecule has 0 aliphatic rings. The lowest BCUT2D eigenvalue weighted by Gasteiger charge is -2.33. The van der Waals surface area contributed by atoms with E-state index in [-0.39, 0.29) is 18.2 Å². The second-order valence-electron chi connectivity index (χ2n) is 8.81. The minimum absolute atomic E-state index is 0.142. The quantitative estimate of drug-likeness (QED) is 0.117. The zero-order valence-electron chi connectivity index (χ0n) is 19.5. The first-order valence-electron chi connectivity index (χ1n) is 10.9. The van der Waals surface area contributed by atoms with Crippen LogP contribution in [0.1, 0.15) is 64.2 Å². The first-order valence-corrected chi connectivity index (χ1v) is 10.9. The van der Waals surface area contributed by atoms with Gasteiger partial charge in [0.05, 0.1) is 27.6 Å². The van der Waals surface area contributed by atoms with Crippen LogP contribution in [0.25, 0.3) is 0 Å². The molecule has 0 amide bonds. The van der Waals surface area contributed by atoms with Crippen molar-refractivity contribution in [3.05, 3.63) is 0 Å². The number of carbonyl (C=O) groups excluding carboxylic acids is 1. The number of nitrogens with zero attached hydrogens (tertiary/aromatic N) is 1. The standard InChI is InChI=1S/C21H44N4O4/c1-22-21(23-2,24-3)15-13-11-9-7-8-10-12-14-20(28)29-18(16-19(26)27)17-25(4,5)6/h18,22-24H,7-17H2,1-6H3/p+1. The Morgan fingerprint density at radius 1 is 0.897 bits per heavy atom. The maximum atomic E-state index is 12.0. The molecule has 0 heterocycles. The van der Waals surface area contributed by atoms with Crippen molar-refractivity contribution in [1.82, 2.24) is 16.0 Å². The van der Waals surface area contributed by atoms with E-state index >= 15 is 0 Å². The van der Waals surface area contributed by atoms with Gasteiger partial charge in [0.15, 0.2) is 6.10 Å². The maximum absolute atomic E-state index is 12.0. The summed E-state index contributed by atoms with van der Waals surface area (Å²) in [5, 5.41) is 18.8. The lowest BCUT2D eigenvalue weighted by molar-refractivity contribution is -0.873. The number of carbonyl (C=O) groups is 2. The van der Waals surface area contributed by atoms with E-state index in [9.17, 15) is 9.59 Å². The summed E-state index contributed by atoms with van der Waals surface area (Å²) in [6, 6.07) is 0. The Bertz CT molecular complexity index is 454. The molecule has 1 unspecified atom stereocenters. The largest absolute Gasteiger partial charge is 0.481 e.